The van der Waals surface area contributed by atoms with Crippen molar-refractivity contribution < 1.29 is 23.5 Å². The topological polar surface area (TPSA) is 94.9 Å². The second-order valence-electron chi connectivity index (χ2n) is 8.16. The van der Waals surface area contributed by atoms with Gasteiger partial charge in [0.05, 0.1) is 35.4 Å². The molecule has 0 aromatic heterocycles. The third-order valence-electron chi connectivity index (χ3n) is 5.69. The molecule has 32 heavy (non-hydrogen) atoms. The van der Waals surface area contributed by atoms with E-state index in [1.807, 2.05) is 17.9 Å². The molecule has 1 aromatic carbocycles. The molecule has 2 aliphatic rings. The number of amides is 1. The lowest BCUT2D eigenvalue weighted by Gasteiger charge is -2.38. The van der Waals surface area contributed by atoms with Crippen molar-refractivity contribution in [1.82, 2.24) is 5.32 Å². The number of nitrogens with zero attached hydrogens (tertiary/aromatic N) is 3. The molecule has 0 aliphatic carbocycles. The molecule has 0 saturated carbocycles. The number of rotatable bonds is 6. The van der Waals surface area contributed by atoms with Gasteiger partial charge >= 0.3 is 12.1 Å². The molecule has 1 N–H and O–H groups in total. The summed E-state index contributed by atoms with van der Waals surface area (Å²) in [6.45, 7) is 6.39. The third-order valence-corrected chi connectivity index (χ3v) is 5.83. The number of halogens is 1. The van der Waals surface area contributed by atoms with E-state index in [2.05, 4.69) is 5.32 Å². The highest BCUT2D eigenvalue weighted by Crippen LogP contribution is 2.33. The molecular formula is C22H27FN4O4S. The third kappa shape index (κ3) is 5.46. The average Bonchev–Trinajstić information content (AvgIpc) is 3.12. The zero-order valence-corrected chi connectivity index (χ0v) is 19.2. The van der Waals surface area contributed by atoms with E-state index in [0.717, 1.165) is 0 Å². The fourth-order valence-corrected chi connectivity index (χ4v) is 4.12. The summed E-state index contributed by atoms with van der Waals surface area (Å²) in [6.07, 6.45) is -0.664. The van der Waals surface area contributed by atoms with Gasteiger partial charge in [-0.2, -0.15) is 5.26 Å². The number of piperidine rings is 1. The standard InChI is InChI=1S/C22H27FN4O4S/c1-13-8-16(21(28)30-14(2)10-24)6-7-26(13)20-5-4-17(9-19(20)23)27-12-18(31-22(27)29)11-25-15(3)32/h4-5,9,13-14,16,18H,6-8,11-12H2,1-3H3,(H,25,32). The van der Waals surface area contributed by atoms with Crippen LogP contribution in [-0.2, 0) is 14.3 Å². The van der Waals surface area contributed by atoms with Crippen molar-refractivity contribution in [2.24, 2.45) is 5.92 Å². The van der Waals surface area contributed by atoms with Crippen molar-refractivity contribution in [3.8, 4) is 6.07 Å². The Kier molecular flexibility index (Phi) is 7.51. The molecule has 2 aliphatic heterocycles. The van der Waals surface area contributed by atoms with Gasteiger partial charge in [-0.3, -0.25) is 9.69 Å². The SMILES string of the molecule is CC(=S)NCC1CN(c2ccc(N3CCC(C(=O)OC(C)C#N)CC3C)c(F)c2)C(=O)O1. The van der Waals surface area contributed by atoms with Crippen molar-refractivity contribution >= 4 is 40.6 Å². The molecule has 1 aromatic rings. The summed E-state index contributed by atoms with van der Waals surface area (Å²) in [6, 6.07) is 6.47. The van der Waals surface area contributed by atoms with E-state index >= 15 is 4.39 Å². The number of cyclic esters (lactones) is 1. The molecular weight excluding hydrogens is 435 g/mol. The highest BCUT2D eigenvalue weighted by atomic mass is 32.1. The Balaban J connectivity index is 1.64. The maximum Gasteiger partial charge on any atom is 0.414 e. The second-order valence-corrected chi connectivity index (χ2v) is 8.77. The molecule has 0 bridgehead atoms. The minimum absolute atomic E-state index is 0.0934. The number of benzene rings is 1. The van der Waals surface area contributed by atoms with Crippen molar-refractivity contribution in [2.75, 3.05) is 29.4 Å². The molecule has 10 heteroatoms. The number of hydrogen-bond acceptors (Lipinski definition) is 7. The summed E-state index contributed by atoms with van der Waals surface area (Å²) in [5, 5.41) is 11.8. The number of carbonyl (C=O) groups excluding carboxylic acids is 2. The minimum atomic E-state index is -0.785. The minimum Gasteiger partial charge on any atom is -0.447 e. The van der Waals surface area contributed by atoms with Crippen molar-refractivity contribution in [2.45, 2.75) is 51.9 Å². The quantitative estimate of drug-likeness (QED) is 0.509. The average molecular weight is 463 g/mol. The lowest BCUT2D eigenvalue weighted by atomic mass is 9.91. The number of carbonyl (C=O) groups is 2. The summed E-state index contributed by atoms with van der Waals surface area (Å²) in [7, 11) is 0. The Morgan fingerprint density at radius 2 is 2.25 bits per heavy atom. The number of anilines is 2. The number of nitriles is 1. The van der Waals surface area contributed by atoms with E-state index in [1.54, 1.807) is 19.1 Å². The Hall–Kier alpha value is -2.93. The number of nitrogens with one attached hydrogen (secondary N) is 1. The number of esters is 1. The van der Waals surface area contributed by atoms with Gasteiger partial charge in [-0.15, -0.1) is 0 Å². The molecule has 4 atom stereocenters. The maximum absolute atomic E-state index is 15.0. The molecule has 2 heterocycles. The predicted molar refractivity (Wildman–Crippen MR) is 121 cm³/mol. The Bertz CT molecular complexity index is 937. The molecule has 0 radical (unpaired) electrons. The predicted octanol–water partition coefficient (Wildman–Crippen LogP) is 3.15. The van der Waals surface area contributed by atoms with E-state index in [0.29, 0.717) is 48.8 Å². The zero-order valence-electron chi connectivity index (χ0n) is 18.3. The van der Waals surface area contributed by atoms with Crippen molar-refractivity contribution in [3.63, 3.8) is 0 Å². The van der Waals surface area contributed by atoms with Gasteiger partial charge in [-0.25, -0.2) is 9.18 Å². The van der Waals surface area contributed by atoms with Gasteiger partial charge in [0.1, 0.15) is 18.0 Å². The highest BCUT2D eigenvalue weighted by molar-refractivity contribution is 7.80. The van der Waals surface area contributed by atoms with Crippen LogP contribution in [0.3, 0.4) is 0 Å². The number of ether oxygens (including phenoxy) is 2. The summed E-state index contributed by atoms with van der Waals surface area (Å²) in [5.41, 5.74) is 0.843. The van der Waals surface area contributed by atoms with E-state index < -0.39 is 18.0 Å². The van der Waals surface area contributed by atoms with Gasteiger partial charge < -0.3 is 19.7 Å². The Morgan fingerprint density at radius 3 is 2.88 bits per heavy atom. The van der Waals surface area contributed by atoms with Gasteiger partial charge in [-0.05, 0) is 51.8 Å². The molecule has 0 spiro atoms. The first-order valence-corrected chi connectivity index (χ1v) is 11.0. The van der Waals surface area contributed by atoms with Crippen LogP contribution in [0.5, 0.6) is 0 Å². The fraction of sp³-hybridized carbons (Fsp3) is 0.545. The summed E-state index contributed by atoms with van der Waals surface area (Å²) >= 11 is 4.97. The van der Waals surface area contributed by atoms with E-state index in [1.165, 1.54) is 17.9 Å². The first-order chi connectivity index (χ1) is 15.2. The number of thiocarbonyl (C=S) groups is 1. The second kappa shape index (κ2) is 10.1. The van der Waals surface area contributed by atoms with Gasteiger partial charge in [0.15, 0.2) is 6.10 Å². The summed E-state index contributed by atoms with van der Waals surface area (Å²) in [4.78, 5) is 28.4. The van der Waals surface area contributed by atoms with Crippen LogP contribution in [0.2, 0.25) is 0 Å². The van der Waals surface area contributed by atoms with Crippen molar-refractivity contribution in [1.29, 1.82) is 5.26 Å². The van der Waals surface area contributed by atoms with Crippen molar-refractivity contribution in [3.05, 3.63) is 24.0 Å². The van der Waals surface area contributed by atoms with Gasteiger partial charge in [0.2, 0.25) is 0 Å². The summed E-state index contributed by atoms with van der Waals surface area (Å²) in [5.74, 6) is -1.15. The first-order valence-electron chi connectivity index (χ1n) is 10.6. The van der Waals surface area contributed by atoms with Crippen LogP contribution >= 0.6 is 12.2 Å². The molecule has 172 valence electrons. The van der Waals surface area contributed by atoms with E-state index in [9.17, 15) is 9.59 Å². The van der Waals surface area contributed by atoms with Crippen LogP contribution in [0.25, 0.3) is 0 Å². The normalized spacial score (nSPS) is 23.8. The summed E-state index contributed by atoms with van der Waals surface area (Å²) < 4.78 is 25.5. The number of hydrogen-bond donors (Lipinski definition) is 1. The smallest absolute Gasteiger partial charge is 0.414 e. The van der Waals surface area contributed by atoms with Gasteiger partial charge in [0.25, 0.3) is 0 Å². The van der Waals surface area contributed by atoms with E-state index in [-0.39, 0.29) is 24.0 Å². The molecule has 1 amide bonds. The van der Waals surface area contributed by atoms with Crippen LogP contribution in [0, 0.1) is 23.1 Å². The Labute approximate surface area is 192 Å². The lowest BCUT2D eigenvalue weighted by molar-refractivity contribution is -0.151. The Morgan fingerprint density at radius 1 is 1.50 bits per heavy atom. The van der Waals surface area contributed by atoms with Crippen LogP contribution in [0.15, 0.2) is 18.2 Å². The van der Waals surface area contributed by atoms with Crippen LogP contribution in [-0.4, -0.2) is 54.9 Å². The van der Waals surface area contributed by atoms with Crippen LogP contribution in [0.1, 0.15) is 33.6 Å². The molecule has 4 unspecified atom stereocenters. The molecule has 8 nitrogen and oxygen atoms in total. The molecule has 2 saturated heterocycles. The lowest BCUT2D eigenvalue weighted by Crippen LogP contribution is -2.44. The molecule has 3 rings (SSSR count). The highest BCUT2D eigenvalue weighted by Gasteiger charge is 2.35. The fourth-order valence-electron chi connectivity index (χ4n) is 4.03. The maximum atomic E-state index is 15.0. The monoisotopic (exact) mass is 462 g/mol. The first kappa shape index (κ1) is 23.7. The largest absolute Gasteiger partial charge is 0.447 e. The van der Waals surface area contributed by atoms with Gasteiger partial charge in [0, 0.05) is 12.6 Å². The van der Waals surface area contributed by atoms with Gasteiger partial charge in [-0.1, -0.05) is 12.2 Å². The van der Waals surface area contributed by atoms with Crippen LogP contribution in [0.4, 0.5) is 20.6 Å². The van der Waals surface area contributed by atoms with E-state index in [4.69, 9.17) is 27.0 Å². The molecule has 2 fully saturated rings. The zero-order chi connectivity index (χ0) is 23.4. The van der Waals surface area contributed by atoms with Crippen LogP contribution < -0.4 is 15.1 Å².